The molecular weight excluding hydrogens is 222 g/mol. The van der Waals surface area contributed by atoms with Gasteiger partial charge in [0.25, 0.3) is 0 Å². The SMILES string of the molecule is c1ccc(C2=NO[C@@H]3c4ccccc4C[C@H]23)cc1. The molecule has 0 amide bonds. The maximum absolute atomic E-state index is 5.66. The molecule has 0 bridgehead atoms. The summed E-state index contributed by atoms with van der Waals surface area (Å²) >= 11 is 0. The fraction of sp³-hybridized carbons (Fsp3) is 0.188. The number of benzene rings is 2. The number of hydrogen-bond acceptors (Lipinski definition) is 2. The molecule has 1 aliphatic heterocycles. The minimum atomic E-state index is 0.122. The van der Waals surface area contributed by atoms with Gasteiger partial charge < -0.3 is 4.84 Å². The number of rotatable bonds is 1. The van der Waals surface area contributed by atoms with Gasteiger partial charge in [0, 0.05) is 0 Å². The third kappa shape index (κ3) is 1.32. The van der Waals surface area contributed by atoms with Gasteiger partial charge in [0.05, 0.1) is 11.6 Å². The molecule has 0 radical (unpaired) electrons. The molecular formula is C16H13NO. The second-order valence-electron chi connectivity index (χ2n) is 4.88. The second-order valence-corrected chi connectivity index (χ2v) is 4.88. The molecule has 88 valence electrons. The first-order valence-electron chi connectivity index (χ1n) is 6.30. The van der Waals surface area contributed by atoms with E-state index in [1.54, 1.807) is 0 Å². The predicted molar refractivity (Wildman–Crippen MR) is 70.4 cm³/mol. The van der Waals surface area contributed by atoms with Crippen molar-refractivity contribution in [3.63, 3.8) is 0 Å². The zero-order chi connectivity index (χ0) is 11.9. The van der Waals surface area contributed by atoms with Crippen LogP contribution in [-0.4, -0.2) is 5.71 Å². The van der Waals surface area contributed by atoms with Crippen molar-refractivity contribution in [1.82, 2.24) is 0 Å². The number of oxime groups is 1. The maximum atomic E-state index is 5.66. The smallest absolute Gasteiger partial charge is 0.161 e. The highest BCUT2D eigenvalue weighted by Crippen LogP contribution is 2.44. The average Bonchev–Trinajstić information content (AvgIpc) is 2.98. The Bertz CT molecular complexity index is 618. The van der Waals surface area contributed by atoms with Crippen molar-refractivity contribution in [3.8, 4) is 0 Å². The summed E-state index contributed by atoms with van der Waals surface area (Å²) in [7, 11) is 0. The van der Waals surface area contributed by atoms with E-state index < -0.39 is 0 Å². The van der Waals surface area contributed by atoms with Crippen LogP contribution in [0.15, 0.2) is 59.8 Å². The van der Waals surface area contributed by atoms with Crippen LogP contribution in [0.1, 0.15) is 22.8 Å². The quantitative estimate of drug-likeness (QED) is 0.743. The van der Waals surface area contributed by atoms with Gasteiger partial charge in [-0.15, -0.1) is 0 Å². The van der Waals surface area contributed by atoms with E-state index in [4.69, 9.17) is 4.84 Å². The van der Waals surface area contributed by atoms with Crippen LogP contribution in [0.5, 0.6) is 0 Å². The summed E-state index contributed by atoms with van der Waals surface area (Å²) in [4.78, 5) is 5.66. The number of hydrogen-bond donors (Lipinski definition) is 0. The number of fused-ring (bicyclic) bond motifs is 3. The molecule has 1 aliphatic carbocycles. The molecule has 1 heterocycles. The Morgan fingerprint density at radius 3 is 2.61 bits per heavy atom. The summed E-state index contributed by atoms with van der Waals surface area (Å²) in [5, 5.41) is 4.31. The van der Waals surface area contributed by atoms with E-state index in [2.05, 4.69) is 41.6 Å². The molecule has 0 N–H and O–H groups in total. The van der Waals surface area contributed by atoms with Crippen molar-refractivity contribution < 1.29 is 4.84 Å². The van der Waals surface area contributed by atoms with Crippen LogP contribution in [0.3, 0.4) is 0 Å². The van der Waals surface area contributed by atoms with Crippen molar-refractivity contribution in [2.24, 2.45) is 11.1 Å². The van der Waals surface area contributed by atoms with Crippen LogP contribution in [-0.2, 0) is 11.3 Å². The highest BCUT2D eigenvalue weighted by molar-refractivity contribution is 6.03. The topological polar surface area (TPSA) is 21.6 Å². The molecule has 2 heteroatoms. The minimum absolute atomic E-state index is 0.122. The molecule has 2 aliphatic rings. The summed E-state index contributed by atoms with van der Waals surface area (Å²) in [6.45, 7) is 0. The van der Waals surface area contributed by atoms with E-state index in [9.17, 15) is 0 Å². The summed E-state index contributed by atoms with van der Waals surface area (Å²) < 4.78 is 0. The van der Waals surface area contributed by atoms with Crippen LogP contribution in [0.25, 0.3) is 0 Å². The van der Waals surface area contributed by atoms with Crippen LogP contribution in [0.2, 0.25) is 0 Å². The van der Waals surface area contributed by atoms with Crippen LogP contribution < -0.4 is 0 Å². The third-order valence-corrected chi connectivity index (χ3v) is 3.85. The zero-order valence-electron chi connectivity index (χ0n) is 9.91. The third-order valence-electron chi connectivity index (χ3n) is 3.85. The lowest BCUT2D eigenvalue weighted by atomic mass is 9.93. The zero-order valence-corrected chi connectivity index (χ0v) is 9.91. The Hall–Kier alpha value is -2.09. The molecule has 0 unspecified atom stereocenters. The van der Waals surface area contributed by atoms with Crippen LogP contribution >= 0.6 is 0 Å². The molecule has 0 fully saturated rings. The Morgan fingerprint density at radius 1 is 0.944 bits per heavy atom. The lowest BCUT2D eigenvalue weighted by molar-refractivity contribution is 0.0697. The fourth-order valence-electron chi connectivity index (χ4n) is 2.99. The van der Waals surface area contributed by atoms with E-state index in [0.717, 1.165) is 12.1 Å². The van der Waals surface area contributed by atoms with E-state index >= 15 is 0 Å². The summed E-state index contributed by atoms with van der Waals surface area (Å²) in [6.07, 6.45) is 1.16. The number of nitrogens with zero attached hydrogens (tertiary/aromatic N) is 1. The van der Waals surface area contributed by atoms with Gasteiger partial charge in [-0.1, -0.05) is 59.8 Å². The van der Waals surface area contributed by atoms with Crippen LogP contribution in [0, 0.1) is 5.92 Å². The summed E-state index contributed by atoms with van der Waals surface area (Å²) in [5.41, 5.74) is 4.97. The van der Waals surface area contributed by atoms with Crippen molar-refractivity contribution >= 4 is 5.71 Å². The molecule has 0 spiro atoms. The molecule has 18 heavy (non-hydrogen) atoms. The Labute approximate surface area is 106 Å². The second kappa shape index (κ2) is 3.70. The maximum Gasteiger partial charge on any atom is 0.161 e. The van der Waals surface area contributed by atoms with E-state index in [1.165, 1.54) is 16.7 Å². The van der Waals surface area contributed by atoms with Crippen molar-refractivity contribution in [2.75, 3.05) is 0 Å². The molecule has 0 saturated carbocycles. The molecule has 0 saturated heterocycles. The van der Waals surface area contributed by atoms with Gasteiger partial charge in [0.2, 0.25) is 0 Å². The normalized spacial score (nSPS) is 24.1. The minimum Gasteiger partial charge on any atom is -0.387 e. The van der Waals surface area contributed by atoms with E-state index in [1.807, 2.05) is 18.2 Å². The molecule has 2 aromatic carbocycles. The van der Waals surface area contributed by atoms with E-state index in [0.29, 0.717) is 5.92 Å². The highest BCUT2D eigenvalue weighted by Gasteiger charge is 2.42. The summed E-state index contributed by atoms with van der Waals surface area (Å²) in [5.74, 6) is 0.379. The van der Waals surface area contributed by atoms with Crippen molar-refractivity contribution in [2.45, 2.75) is 12.5 Å². The Morgan fingerprint density at radius 2 is 1.72 bits per heavy atom. The first-order valence-corrected chi connectivity index (χ1v) is 6.30. The van der Waals surface area contributed by atoms with Gasteiger partial charge in [-0.25, -0.2) is 0 Å². The predicted octanol–water partition coefficient (Wildman–Crippen LogP) is 3.33. The van der Waals surface area contributed by atoms with Crippen molar-refractivity contribution in [3.05, 3.63) is 71.3 Å². The first-order chi connectivity index (χ1) is 8.93. The molecule has 2 aromatic rings. The Kier molecular flexibility index (Phi) is 2.04. The van der Waals surface area contributed by atoms with Gasteiger partial charge >= 0.3 is 0 Å². The van der Waals surface area contributed by atoms with E-state index in [-0.39, 0.29) is 6.10 Å². The largest absolute Gasteiger partial charge is 0.387 e. The molecule has 2 nitrogen and oxygen atoms in total. The first kappa shape index (κ1) is 9.89. The lowest BCUT2D eigenvalue weighted by Gasteiger charge is -2.09. The van der Waals surface area contributed by atoms with Gasteiger partial charge in [0.1, 0.15) is 0 Å². The van der Waals surface area contributed by atoms with Crippen molar-refractivity contribution in [1.29, 1.82) is 0 Å². The van der Waals surface area contributed by atoms with Crippen LogP contribution in [0.4, 0.5) is 0 Å². The lowest BCUT2D eigenvalue weighted by Crippen LogP contribution is -2.14. The van der Waals surface area contributed by atoms with Gasteiger partial charge in [0.15, 0.2) is 6.10 Å². The van der Waals surface area contributed by atoms with Gasteiger partial charge in [-0.2, -0.15) is 0 Å². The monoisotopic (exact) mass is 235 g/mol. The standard InChI is InChI=1S/C16H13NO/c1-2-6-11(7-3-1)15-14-10-12-8-4-5-9-13(12)16(14)18-17-15/h1-9,14,16H,10H2/t14-,16-/m1/s1. The fourth-order valence-corrected chi connectivity index (χ4v) is 2.99. The van der Waals surface area contributed by atoms with Gasteiger partial charge in [-0.3, -0.25) is 0 Å². The van der Waals surface area contributed by atoms with Gasteiger partial charge in [-0.05, 0) is 23.1 Å². The molecule has 0 aromatic heterocycles. The average molecular weight is 235 g/mol. The highest BCUT2D eigenvalue weighted by atomic mass is 16.6. The Balaban J connectivity index is 1.73. The molecule has 4 rings (SSSR count). The molecule has 2 atom stereocenters. The summed E-state index contributed by atoms with van der Waals surface area (Å²) in [6, 6.07) is 18.9.